The molecule has 0 unspecified atom stereocenters. The number of pyridine rings is 1. The second-order valence-corrected chi connectivity index (χ2v) is 3.37. The summed E-state index contributed by atoms with van der Waals surface area (Å²) in [4.78, 5) is 23.7. The molecular formula is C8H4ClF3N2O4. The first kappa shape index (κ1) is 14.2. The van der Waals surface area contributed by atoms with Gasteiger partial charge in [0.05, 0.1) is 4.92 Å². The monoisotopic (exact) mass is 284 g/mol. The molecule has 0 saturated heterocycles. The van der Waals surface area contributed by atoms with Crippen molar-refractivity contribution in [2.75, 3.05) is 0 Å². The first-order chi connectivity index (χ1) is 8.11. The SMILES string of the molecule is Cc1nc(OC(F)(F)F)c(C(=O)Cl)cc1[N+](=O)[O-]. The maximum absolute atomic E-state index is 12.0. The van der Waals surface area contributed by atoms with E-state index in [1.54, 1.807) is 0 Å². The van der Waals surface area contributed by atoms with Crippen molar-refractivity contribution in [3.8, 4) is 5.88 Å². The Bertz CT molecular complexity index is 518. The number of aryl methyl sites for hydroxylation is 1. The summed E-state index contributed by atoms with van der Waals surface area (Å²) in [7, 11) is 0. The van der Waals surface area contributed by atoms with E-state index >= 15 is 0 Å². The molecule has 0 N–H and O–H groups in total. The highest BCUT2D eigenvalue weighted by Gasteiger charge is 2.35. The minimum absolute atomic E-state index is 0.332. The molecule has 1 heterocycles. The second-order valence-electron chi connectivity index (χ2n) is 3.02. The molecular weight excluding hydrogens is 281 g/mol. The number of halogens is 4. The Morgan fingerprint density at radius 3 is 2.50 bits per heavy atom. The van der Waals surface area contributed by atoms with Gasteiger partial charge in [0, 0.05) is 6.07 Å². The Hall–Kier alpha value is -1.90. The number of carbonyl (C=O) groups is 1. The third kappa shape index (κ3) is 3.29. The predicted octanol–water partition coefficient (Wildman–Crippen LogP) is 2.58. The lowest BCUT2D eigenvalue weighted by atomic mass is 10.2. The number of nitro groups is 1. The van der Waals surface area contributed by atoms with Gasteiger partial charge in [-0.25, -0.2) is 4.98 Å². The zero-order valence-electron chi connectivity index (χ0n) is 8.62. The summed E-state index contributed by atoms with van der Waals surface area (Å²) in [6.07, 6.45) is -5.09. The topological polar surface area (TPSA) is 82.3 Å². The van der Waals surface area contributed by atoms with Crippen molar-refractivity contribution >= 4 is 22.5 Å². The lowest BCUT2D eigenvalue weighted by molar-refractivity contribution is -0.385. The van der Waals surface area contributed by atoms with Gasteiger partial charge in [-0.05, 0) is 18.5 Å². The van der Waals surface area contributed by atoms with E-state index in [0.29, 0.717) is 6.07 Å². The molecule has 0 aliphatic rings. The van der Waals surface area contributed by atoms with Crippen LogP contribution in [-0.4, -0.2) is 21.5 Å². The summed E-state index contributed by atoms with van der Waals surface area (Å²) in [5.41, 5.74) is -1.79. The Kier molecular flexibility index (Phi) is 3.75. The van der Waals surface area contributed by atoms with Gasteiger partial charge in [-0.2, -0.15) is 0 Å². The van der Waals surface area contributed by atoms with E-state index in [2.05, 4.69) is 9.72 Å². The van der Waals surface area contributed by atoms with Crippen LogP contribution in [0.15, 0.2) is 6.07 Å². The molecule has 0 fully saturated rings. The fourth-order valence-corrected chi connectivity index (χ4v) is 1.22. The molecule has 0 saturated carbocycles. The Balaban J connectivity index is 3.38. The first-order valence-electron chi connectivity index (χ1n) is 4.23. The molecule has 0 bridgehead atoms. The van der Waals surface area contributed by atoms with Crippen LogP contribution in [0.4, 0.5) is 18.9 Å². The van der Waals surface area contributed by atoms with Crippen LogP contribution < -0.4 is 4.74 Å². The fraction of sp³-hybridized carbons (Fsp3) is 0.250. The van der Waals surface area contributed by atoms with E-state index < -0.39 is 33.7 Å². The first-order valence-corrected chi connectivity index (χ1v) is 4.61. The molecule has 1 aromatic rings. The molecule has 0 radical (unpaired) electrons. The highest BCUT2D eigenvalue weighted by atomic mass is 35.5. The molecule has 1 rings (SSSR count). The van der Waals surface area contributed by atoms with Gasteiger partial charge in [0.15, 0.2) is 0 Å². The van der Waals surface area contributed by atoms with Crippen molar-refractivity contribution in [1.82, 2.24) is 4.98 Å². The van der Waals surface area contributed by atoms with E-state index in [9.17, 15) is 28.1 Å². The van der Waals surface area contributed by atoms with Crippen molar-refractivity contribution < 1.29 is 27.6 Å². The summed E-state index contributed by atoms with van der Waals surface area (Å²) in [6, 6.07) is 0.582. The molecule has 0 atom stereocenters. The van der Waals surface area contributed by atoms with E-state index in [0.717, 1.165) is 6.92 Å². The molecule has 0 aromatic carbocycles. The van der Waals surface area contributed by atoms with Crippen molar-refractivity contribution in [3.63, 3.8) is 0 Å². The maximum Gasteiger partial charge on any atom is 0.574 e. The highest BCUT2D eigenvalue weighted by molar-refractivity contribution is 6.68. The van der Waals surface area contributed by atoms with Crippen molar-refractivity contribution in [3.05, 3.63) is 27.4 Å². The van der Waals surface area contributed by atoms with Gasteiger partial charge in [0.2, 0.25) is 5.88 Å². The zero-order valence-corrected chi connectivity index (χ0v) is 9.37. The number of alkyl halides is 3. The van der Waals surface area contributed by atoms with Crippen LogP contribution in [0, 0.1) is 17.0 Å². The van der Waals surface area contributed by atoms with Gasteiger partial charge >= 0.3 is 6.36 Å². The second kappa shape index (κ2) is 4.77. The predicted molar refractivity (Wildman–Crippen MR) is 52.5 cm³/mol. The summed E-state index contributed by atoms with van der Waals surface area (Å²) < 4.78 is 39.5. The zero-order chi connectivity index (χ0) is 14.1. The van der Waals surface area contributed by atoms with E-state index in [1.807, 2.05) is 0 Å². The van der Waals surface area contributed by atoms with Crippen molar-refractivity contribution in [2.45, 2.75) is 13.3 Å². The van der Waals surface area contributed by atoms with Crippen molar-refractivity contribution in [1.29, 1.82) is 0 Å². The summed E-state index contributed by atoms with van der Waals surface area (Å²) in [5, 5.41) is 9.20. The number of hydrogen-bond donors (Lipinski definition) is 0. The number of rotatable bonds is 3. The molecule has 10 heteroatoms. The van der Waals surface area contributed by atoms with Crippen LogP contribution >= 0.6 is 11.6 Å². The third-order valence-electron chi connectivity index (χ3n) is 1.77. The molecule has 6 nitrogen and oxygen atoms in total. The van der Waals surface area contributed by atoms with Crippen LogP contribution in [0.3, 0.4) is 0 Å². The maximum atomic E-state index is 12.0. The van der Waals surface area contributed by atoms with Crippen LogP contribution in [-0.2, 0) is 0 Å². The largest absolute Gasteiger partial charge is 0.574 e. The van der Waals surface area contributed by atoms with Gasteiger partial charge in [0.1, 0.15) is 11.3 Å². The van der Waals surface area contributed by atoms with E-state index in [1.165, 1.54) is 0 Å². The molecule has 0 aliphatic heterocycles. The molecule has 0 aliphatic carbocycles. The Morgan fingerprint density at radius 1 is 1.56 bits per heavy atom. The number of aromatic nitrogens is 1. The van der Waals surface area contributed by atoms with Gasteiger partial charge in [0.25, 0.3) is 10.9 Å². The van der Waals surface area contributed by atoms with Crippen LogP contribution in [0.25, 0.3) is 0 Å². The minimum Gasteiger partial charge on any atom is -0.387 e. The third-order valence-corrected chi connectivity index (χ3v) is 1.98. The van der Waals surface area contributed by atoms with Gasteiger partial charge in [-0.15, -0.1) is 13.2 Å². The molecule has 1 aromatic heterocycles. The lowest BCUT2D eigenvalue weighted by Crippen LogP contribution is -2.20. The smallest absolute Gasteiger partial charge is 0.387 e. The number of ether oxygens (including phenoxy) is 1. The fourth-order valence-electron chi connectivity index (χ4n) is 1.09. The highest BCUT2D eigenvalue weighted by Crippen LogP contribution is 2.30. The number of nitrogens with zero attached hydrogens (tertiary/aromatic N) is 2. The minimum atomic E-state index is -5.09. The molecule has 0 spiro atoms. The van der Waals surface area contributed by atoms with Crippen LogP contribution in [0.2, 0.25) is 0 Å². The Labute approximate surface area is 102 Å². The summed E-state index contributed by atoms with van der Waals surface area (Å²) in [5.74, 6) is -1.12. The van der Waals surface area contributed by atoms with Gasteiger partial charge in [-0.3, -0.25) is 14.9 Å². The Morgan fingerprint density at radius 2 is 2.11 bits per heavy atom. The molecule has 18 heavy (non-hydrogen) atoms. The normalized spacial score (nSPS) is 11.2. The summed E-state index contributed by atoms with van der Waals surface area (Å²) >= 11 is 5.02. The van der Waals surface area contributed by atoms with Crippen molar-refractivity contribution in [2.24, 2.45) is 0 Å². The average molecular weight is 285 g/mol. The molecule has 0 amide bonds. The van der Waals surface area contributed by atoms with Crippen LogP contribution in [0.5, 0.6) is 5.88 Å². The van der Waals surface area contributed by atoms with Gasteiger partial charge < -0.3 is 4.74 Å². The van der Waals surface area contributed by atoms with Crippen LogP contribution in [0.1, 0.15) is 16.1 Å². The lowest BCUT2D eigenvalue weighted by Gasteiger charge is -2.10. The molecule has 98 valence electrons. The van der Waals surface area contributed by atoms with E-state index in [4.69, 9.17) is 11.6 Å². The van der Waals surface area contributed by atoms with E-state index in [-0.39, 0.29) is 5.69 Å². The number of hydrogen-bond acceptors (Lipinski definition) is 5. The standard InChI is InChI=1S/C8H4ClF3N2O4/c1-3-5(14(16)17)2-4(6(9)15)7(13-3)18-8(10,11)12/h2H,1H3. The van der Waals surface area contributed by atoms with Gasteiger partial charge in [-0.1, -0.05) is 0 Å². The number of carbonyl (C=O) groups excluding carboxylic acids is 1. The summed E-state index contributed by atoms with van der Waals surface area (Å²) in [6.45, 7) is 1.10. The quantitative estimate of drug-likeness (QED) is 0.484. The average Bonchev–Trinajstić information content (AvgIpc) is 2.13.